The number of methoxy groups -OCH3 is 1. The summed E-state index contributed by atoms with van der Waals surface area (Å²) in [5.74, 6) is 2.38. The molecule has 9 heteroatoms. The van der Waals surface area contributed by atoms with Gasteiger partial charge in [-0.15, -0.1) is 0 Å². The van der Waals surface area contributed by atoms with Crippen molar-refractivity contribution in [2.24, 2.45) is 15.3 Å². The van der Waals surface area contributed by atoms with Gasteiger partial charge in [0.05, 0.1) is 4.48 Å². The Kier molecular flexibility index (Phi) is 14.6. The molecule has 4 aromatic rings. The van der Waals surface area contributed by atoms with Crippen LogP contribution in [-0.4, -0.2) is 16.6 Å². The Morgan fingerprint density at radius 1 is 0.900 bits per heavy atom. The maximum Gasteiger partial charge on any atom is 0.133 e. The van der Waals surface area contributed by atoms with Gasteiger partial charge in [0.1, 0.15) is 5.76 Å². The fourth-order valence-electron chi connectivity index (χ4n) is 7.01. The summed E-state index contributed by atoms with van der Waals surface area (Å²) in [4.78, 5) is 4.11. The number of halogens is 4. The van der Waals surface area contributed by atoms with Crippen molar-refractivity contribution >= 4 is 70.7 Å². The summed E-state index contributed by atoms with van der Waals surface area (Å²) < 4.78 is 14.1. The molecule has 50 heavy (non-hydrogen) atoms. The number of ether oxygens (including phenoxy) is 1. The second kappa shape index (κ2) is 18.6. The van der Waals surface area contributed by atoms with Gasteiger partial charge in [-0.3, -0.25) is 0 Å². The van der Waals surface area contributed by atoms with Crippen molar-refractivity contribution in [2.75, 3.05) is 7.11 Å². The van der Waals surface area contributed by atoms with Crippen molar-refractivity contribution in [3.63, 3.8) is 0 Å². The molecule has 0 aliphatic heterocycles. The fourth-order valence-corrected chi connectivity index (χ4v) is 11.3. The van der Waals surface area contributed by atoms with Crippen molar-refractivity contribution in [2.45, 2.75) is 72.1 Å². The summed E-state index contributed by atoms with van der Waals surface area (Å²) in [5.41, 5.74) is 10.8. The smallest absolute Gasteiger partial charge is 0.133 e. The van der Waals surface area contributed by atoms with E-state index in [0.717, 1.165) is 33.6 Å². The van der Waals surface area contributed by atoms with Gasteiger partial charge >= 0.3 is 130 Å². The number of aromatic nitrogens is 1. The van der Waals surface area contributed by atoms with Crippen molar-refractivity contribution < 1.29 is 27.8 Å². The zero-order valence-electron chi connectivity index (χ0n) is 28.9. The van der Waals surface area contributed by atoms with E-state index in [4.69, 9.17) is 27.9 Å². The molecule has 2 unspecified atom stereocenters. The van der Waals surface area contributed by atoms with E-state index in [1.54, 1.807) is 19.2 Å². The van der Waals surface area contributed by atoms with Crippen LogP contribution < -0.4 is 9.72 Å². The Hall–Kier alpha value is -2.08. The van der Waals surface area contributed by atoms with Gasteiger partial charge < -0.3 is 10.1 Å². The molecule has 1 aromatic heterocycles. The Morgan fingerprint density at radius 3 is 2.26 bits per heavy atom. The van der Waals surface area contributed by atoms with Gasteiger partial charge in [0, 0.05) is 10.0 Å². The number of hydrogen-bond acceptors (Lipinski definition) is 3. The summed E-state index contributed by atoms with van der Waals surface area (Å²) in [6, 6.07) is 19.6. The summed E-state index contributed by atoms with van der Waals surface area (Å²) >= 11 is 18.5. The molecule has 7 rings (SSSR count). The zero-order chi connectivity index (χ0) is 35.8. The molecule has 1 N–H and O–H groups in total. The normalized spacial score (nSPS) is 17.9. The van der Waals surface area contributed by atoms with Crippen LogP contribution in [0.3, 0.4) is 0 Å². The van der Waals surface area contributed by atoms with E-state index >= 15 is 0 Å². The summed E-state index contributed by atoms with van der Waals surface area (Å²) in [6.07, 6.45) is 12.1. The molecule has 1 saturated carbocycles. The van der Waals surface area contributed by atoms with E-state index in [0.29, 0.717) is 33.3 Å². The minimum atomic E-state index is -1.07. The predicted molar refractivity (Wildman–Crippen MR) is 213 cm³/mol. The zero-order valence-corrected chi connectivity index (χ0v) is 36.5. The van der Waals surface area contributed by atoms with Crippen LogP contribution in [0.4, 0.5) is 5.69 Å². The standard InChI is InChI=1S/C21H24Br2O.C8H8O.C6H3Cl2N.C6H8N.W/c1-12-17(22)10-13-6-2-4-8-15(13)19(12)20-16-9-5-3-7-14(16)11-18(23)21(20)24;1-7-5-3-4-6-8(7)9-2;7-4-2-1-3-5(8)6(4)9;1-5-3-4-6(2)7-5;/h10-11,14,16,24H,2-9H2,1H3;1,3-6H,2H3;1-3H;3-4H,1-2H3;/q;;;-1;. The van der Waals surface area contributed by atoms with Gasteiger partial charge in [-0.1, -0.05) is 60.8 Å². The average molecular weight is 1010 g/mol. The van der Waals surface area contributed by atoms with Crippen LogP contribution >= 0.6 is 55.1 Å². The number of aryl methyl sites for hydroxylation is 3. The molecule has 3 aliphatic carbocycles. The molecule has 3 aliphatic rings. The van der Waals surface area contributed by atoms with Crippen molar-refractivity contribution in [1.29, 1.82) is 0 Å². The number of allylic oxidation sites excluding steroid dienone is 3. The fraction of sp³-hybridized carbons (Fsp3) is 0.341. The molecule has 0 amide bonds. The van der Waals surface area contributed by atoms with Gasteiger partial charge in [-0.25, -0.2) is 0 Å². The average Bonchev–Trinajstić information content (AvgIpc) is 3.50. The second-order valence-electron chi connectivity index (χ2n) is 12.9. The molecule has 0 saturated heterocycles. The van der Waals surface area contributed by atoms with Crippen LogP contribution in [0, 0.1) is 32.6 Å². The molecule has 1 fully saturated rings. The molecule has 0 radical (unpaired) electrons. The Bertz CT molecular complexity index is 1930. The van der Waals surface area contributed by atoms with E-state index < -0.39 is 17.9 Å². The molecule has 3 aromatic carbocycles. The van der Waals surface area contributed by atoms with Crippen molar-refractivity contribution in [1.82, 2.24) is 4.98 Å². The predicted octanol–water partition coefficient (Wildman–Crippen LogP) is 13.0. The first kappa shape index (κ1) is 39.1. The summed E-state index contributed by atoms with van der Waals surface area (Å²) in [5, 5.41) is 12.2. The molecule has 0 spiro atoms. The number of aliphatic hydroxyl groups is 1. The van der Waals surface area contributed by atoms with Crippen LogP contribution in [0.1, 0.15) is 77.7 Å². The number of benzene rings is 3. The van der Waals surface area contributed by atoms with E-state index in [-0.39, 0.29) is 0 Å². The largest absolute Gasteiger partial charge is 0.665 e. The van der Waals surface area contributed by atoms with Gasteiger partial charge in [-0.2, -0.15) is 11.4 Å². The van der Waals surface area contributed by atoms with E-state index in [2.05, 4.69) is 63.8 Å². The number of nitrogens with zero attached hydrogens (tertiary/aromatic N) is 2. The first-order chi connectivity index (χ1) is 24.1. The number of rotatable bonds is 4. The molecule has 1 heterocycles. The molecule has 4 nitrogen and oxygen atoms in total. The number of fused-ring (bicyclic) bond motifs is 2. The van der Waals surface area contributed by atoms with Gasteiger partial charge in [0.25, 0.3) is 0 Å². The summed E-state index contributed by atoms with van der Waals surface area (Å²) in [6.45, 7) is 6.19. The Morgan fingerprint density at radius 2 is 1.58 bits per heavy atom. The van der Waals surface area contributed by atoms with Crippen LogP contribution in [0.15, 0.2) is 84.9 Å². The molecular formula is C41H43Br2Cl2N2O2W-. The third-order valence-electron chi connectivity index (χ3n) is 9.47. The molecule has 264 valence electrons. The van der Waals surface area contributed by atoms with Gasteiger partial charge in [0.15, 0.2) is 0 Å². The number of para-hydroxylation sites is 1. The molecule has 2 atom stereocenters. The minimum Gasteiger partial charge on any atom is -0.665 e. The van der Waals surface area contributed by atoms with Gasteiger partial charge in [-0.05, 0) is 102 Å². The van der Waals surface area contributed by atoms with Crippen LogP contribution in [0.25, 0.3) is 5.57 Å². The first-order valence-corrected chi connectivity index (χ1v) is 22.4. The maximum atomic E-state index is 11.0. The second-order valence-corrected chi connectivity index (χ2v) is 17.7. The molecular weight excluding hydrogens is 967 g/mol. The van der Waals surface area contributed by atoms with Gasteiger partial charge in [0.2, 0.25) is 0 Å². The van der Waals surface area contributed by atoms with Crippen molar-refractivity contribution in [3.05, 3.63) is 131 Å². The first-order valence-electron chi connectivity index (χ1n) is 17.0. The quantitative estimate of drug-likeness (QED) is 0.222. The monoisotopic (exact) mass is 1010 g/mol. The SMILES string of the molecule is COc1ccccc1[CH]=[W]=[N]c1c(Cl)cccc1Cl.Cc1c(Br)cc2c(c1C1=C(O)C(Br)=CC3CCCCC13)CCCC2.Cc1ccc(C)[n-]1. The van der Waals surface area contributed by atoms with E-state index in [9.17, 15) is 5.11 Å². The molecule has 0 bridgehead atoms. The van der Waals surface area contributed by atoms with Crippen molar-refractivity contribution in [3.8, 4) is 5.75 Å². The van der Waals surface area contributed by atoms with Crippen LogP contribution in [0.2, 0.25) is 10.0 Å². The van der Waals surface area contributed by atoms with Crippen LogP contribution in [0.5, 0.6) is 5.75 Å². The minimum absolute atomic E-state index is 0.471. The topological polar surface area (TPSA) is 55.9 Å². The van der Waals surface area contributed by atoms with Crippen LogP contribution in [-0.2, 0) is 30.8 Å². The Labute approximate surface area is 331 Å². The summed E-state index contributed by atoms with van der Waals surface area (Å²) in [7, 11) is 1.67. The number of hydrogen-bond donors (Lipinski definition) is 1. The third-order valence-corrected chi connectivity index (χ3v) is 13.9. The Balaban J connectivity index is 0.000000166. The van der Waals surface area contributed by atoms with E-state index in [1.165, 1.54) is 77.2 Å². The van der Waals surface area contributed by atoms with E-state index in [1.807, 2.05) is 56.3 Å². The third kappa shape index (κ3) is 9.66. The number of aliphatic hydroxyl groups excluding tert-OH is 1. The maximum absolute atomic E-state index is 11.0.